The Kier molecular flexibility index (Phi) is 3.58. The predicted octanol–water partition coefficient (Wildman–Crippen LogP) is 2.67. The van der Waals surface area contributed by atoms with Gasteiger partial charge in [-0.2, -0.15) is 0 Å². The summed E-state index contributed by atoms with van der Waals surface area (Å²) in [6.07, 6.45) is 3.93. The summed E-state index contributed by atoms with van der Waals surface area (Å²) in [5.41, 5.74) is 0.736. The normalized spacial score (nSPS) is 27.5. The van der Waals surface area contributed by atoms with Crippen LogP contribution in [0.4, 0.5) is 5.13 Å². The van der Waals surface area contributed by atoms with Gasteiger partial charge in [-0.15, -0.1) is 11.3 Å². The van der Waals surface area contributed by atoms with Gasteiger partial charge in [0.2, 0.25) is 0 Å². The van der Waals surface area contributed by atoms with Gasteiger partial charge in [0.05, 0.1) is 18.8 Å². The zero-order valence-electron chi connectivity index (χ0n) is 11.5. The lowest BCUT2D eigenvalue weighted by Crippen LogP contribution is -2.48. The fourth-order valence-electron chi connectivity index (χ4n) is 2.79. The molecule has 0 aromatic carbocycles. The summed E-state index contributed by atoms with van der Waals surface area (Å²) < 4.78 is 5.72. The van der Waals surface area contributed by atoms with E-state index in [9.17, 15) is 4.79 Å². The third-order valence-electron chi connectivity index (χ3n) is 3.94. The number of carbonyl (C=O) groups excluding carboxylic acids is 1. The highest BCUT2D eigenvalue weighted by Gasteiger charge is 2.30. The SMILES string of the molecule is CCC1COC(C)CN1c1nc2c(s1)CCCC2=O. The van der Waals surface area contributed by atoms with Gasteiger partial charge in [-0.25, -0.2) is 4.98 Å². The number of Topliss-reactive ketones (excluding diaryl/α,β-unsaturated/α-hetero) is 1. The average molecular weight is 280 g/mol. The van der Waals surface area contributed by atoms with Gasteiger partial charge in [0.25, 0.3) is 0 Å². The molecule has 5 heteroatoms. The monoisotopic (exact) mass is 280 g/mol. The summed E-state index contributed by atoms with van der Waals surface area (Å²) in [5, 5.41) is 1.02. The van der Waals surface area contributed by atoms with Crippen molar-refractivity contribution >= 4 is 22.3 Å². The van der Waals surface area contributed by atoms with Gasteiger partial charge in [0.15, 0.2) is 10.9 Å². The summed E-state index contributed by atoms with van der Waals surface area (Å²) >= 11 is 1.71. The molecule has 0 bridgehead atoms. The van der Waals surface area contributed by atoms with Crippen LogP contribution in [0, 0.1) is 0 Å². The number of thiazole rings is 1. The molecule has 104 valence electrons. The summed E-state index contributed by atoms with van der Waals surface area (Å²) in [4.78, 5) is 20.0. The Bertz CT molecular complexity index is 486. The van der Waals surface area contributed by atoms with Gasteiger partial charge in [-0.05, 0) is 26.2 Å². The van der Waals surface area contributed by atoms with Crippen molar-refractivity contribution in [2.75, 3.05) is 18.1 Å². The van der Waals surface area contributed by atoms with Crippen LogP contribution in [0.15, 0.2) is 0 Å². The van der Waals surface area contributed by atoms with Crippen LogP contribution in [0.2, 0.25) is 0 Å². The average Bonchev–Trinajstić information content (AvgIpc) is 2.84. The first kappa shape index (κ1) is 13.1. The number of morpholine rings is 1. The number of carbonyl (C=O) groups is 1. The fraction of sp³-hybridized carbons (Fsp3) is 0.714. The van der Waals surface area contributed by atoms with Gasteiger partial charge in [0.1, 0.15) is 5.69 Å². The van der Waals surface area contributed by atoms with Crippen LogP contribution in [0.25, 0.3) is 0 Å². The van der Waals surface area contributed by atoms with Crippen molar-refractivity contribution in [2.24, 2.45) is 0 Å². The van der Waals surface area contributed by atoms with E-state index in [1.54, 1.807) is 11.3 Å². The number of ether oxygens (including phenoxy) is 1. The van der Waals surface area contributed by atoms with Crippen molar-refractivity contribution in [3.05, 3.63) is 10.6 Å². The van der Waals surface area contributed by atoms with E-state index in [2.05, 4.69) is 23.7 Å². The standard InChI is InChI=1S/C14H20N2O2S/c1-3-10-8-18-9(2)7-16(10)14-15-13-11(17)5-4-6-12(13)19-14/h9-10H,3-8H2,1-2H3. The van der Waals surface area contributed by atoms with Gasteiger partial charge < -0.3 is 9.64 Å². The molecular weight excluding hydrogens is 260 g/mol. The topological polar surface area (TPSA) is 42.4 Å². The lowest BCUT2D eigenvalue weighted by atomic mass is 10.0. The zero-order valence-corrected chi connectivity index (χ0v) is 12.3. The second kappa shape index (κ2) is 5.21. The molecule has 1 aromatic rings. The van der Waals surface area contributed by atoms with Crippen LogP contribution in [-0.4, -0.2) is 36.1 Å². The first-order valence-electron chi connectivity index (χ1n) is 7.10. The molecule has 0 saturated carbocycles. The predicted molar refractivity (Wildman–Crippen MR) is 76.2 cm³/mol. The highest BCUT2D eigenvalue weighted by Crippen LogP contribution is 2.34. The lowest BCUT2D eigenvalue weighted by Gasteiger charge is -2.38. The molecule has 1 aromatic heterocycles. The minimum absolute atomic E-state index is 0.220. The third-order valence-corrected chi connectivity index (χ3v) is 5.09. The summed E-state index contributed by atoms with van der Waals surface area (Å²) in [5.74, 6) is 0.220. The number of hydrogen-bond acceptors (Lipinski definition) is 5. The maximum atomic E-state index is 11.9. The first-order chi connectivity index (χ1) is 9.19. The molecule has 0 radical (unpaired) electrons. The van der Waals surface area contributed by atoms with Gasteiger partial charge in [-0.1, -0.05) is 6.92 Å². The molecule has 1 fully saturated rings. The number of aryl methyl sites for hydroxylation is 1. The molecule has 4 nitrogen and oxygen atoms in total. The van der Waals surface area contributed by atoms with E-state index in [1.807, 2.05) is 0 Å². The molecule has 2 aliphatic rings. The highest BCUT2D eigenvalue weighted by atomic mass is 32.1. The molecule has 2 heterocycles. The molecule has 3 rings (SSSR count). The Morgan fingerprint density at radius 3 is 3.05 bits per heavy atom. The Labute approximate surface area is 117 Å². The number of fused-ring (bicyclic) bond motifs is 1. The van der Waals surface area contributed by atoms with Crippen LogP contribution < -0.4 is 4.90 Å². The molecule has 0 spiro atoms. The Hall–Kier alpha value is -0.940. The van der Waals surface area contributed by atoms with Crippen molar-refractivity contribution in [1.29, 1.82) is 0 Å². The molecule has 0 amide bonds. The van der Waals surface area contributed by atoms with Crippen molar-refractivity contribution < 1.29 is 9.53 Å². The highest BCUT2D eigenvalue weighted by molar-refractivity contribution is 7.16. The third kappa shape index (κ3) is 2.41. The number of anilines is 1. The molecule has 2 unspecified atom stereocenters. The minimum Gasteiger partial charge on any atom is -0.375 e. The van der Waals surface area contributed by atoms with Gasteiger partial charge in [0, 0.05) is 17.8 Å². The number of rotatable bonds is 2. The van der Waals surface area contributed by atoms with Crippen LogP contribution in [0.5, 0.6) is 0 Å². The largest absolute Gasteiger partial charge is 0.375 e. The van der Waals surface area contributed by atoms with Crippen molar-refractivity contribution in [1.82, 2.24) is 4.98 Å². The van der Waals surface area contributed by atoms with E-state index in [4.69, 9.17) is 4.74 Å². The number of hydrogen-bond donors (Lipinski definition) is 0. The summed E-state index contributed by atoms with van der Waals surface area (Å²) in [6, 6.07) is 0.388. The molecule has 1 aliphatic heterocycles. The van der Waals surface area contributed by atoms with Crippen LogP contribution in [-0.2, 0) is 11.2 Å². The van der Waals surface area contributed by atoms with Crippen molar-refractivity contribution in [3.8, 4) is 0 Å². The molecule has 0 N–H and O–H groups in total. The van der Waals surface area contributed by atoms with E-state index in [0.29, 0.717) is 12.5 Å². The Balaban J connectivity index is 1.90. The summed E-state index contributed by atoms with van der Waals surface area (Å²) in [7, 11) is 0. The van der Waals surface area contributed by atoms with Gasteiger partial charge in [-0.3, -0.25) is 4.79 Å². The number of aromatic nitrogens is 1. The number of ketones is 1. The Morgan fingerprint density at radius 2 is 2.32 bits per heavy atom. The molecule has 1 saturated heterocycles. The molecular formula is C14H20N2O2S. The van der Waals surface area contributed by atoms with Gasteiger partial charge >= 0.3 is 0 Å². The van der Waals surface area contributed by atoms with E-state index >= 15 is 0 Å². The number of nitrogens with zero attached hydrogens (tertiary/aromatic N) is 2. The van der Waals surface area contributed by atoms with Crippen LogP contribution in [0.1, 0.15) is 48.5 Å². The van der Waals surface area contributed by atoms with E-state index < -0.39 is 0 Å². The minimum atomic E-state index is 0.220. The molecule has 19 heavy (non-hydrogen) atoms. The fourth-order valence-corrected chi connectivity index (χ4v) is 3.99. The Morgan fingerprint density at radius 1 is 1.47 bits per heavy atom. The van der Waals surface area contributed by atoms with E-state index in [0.717, 1.165) is 43.2 Å². The smallest absolute Gasteiger partial charge is 0.186 e. The van der Waals surface area contributed by atoms with E-state index in [-0.39, 0.29) is 11.9 Å². The second-order valence-corrected chi connectivity index (χ2v) is 6.47. The quantitative estimate of drug-likeness (QED) is 0.835. The van der Waals surface area contributed by atoms with Crippen LogP contribution in [0.3, 0.4) is 0 Å². The lowest BCUT2D eigenvalue weighted by molar-refractivity contribution is 0.0299. The molecule has 1 aliphatic carbocycles. The maximum Gasteiger partial charge on any atom is 0.186 e. The first-order valence-corrected chi connectivity index (χ1v) is 7.91. The zero-order chi connectivity index (χ0) is 13.4. The second-order valence-electron chi connectivity index (χ2n) is 5.40. The van der Waals surface area contributed by atoms with Crippen LogP contribution >= 0.6 is 11.3 Å². The summed E-state index contributed by atoms with van der Waals surface area (Å²) in [6.45, 7) is 5.90. The maximum absolute atomic E-state index is 11.9. The van der Waals surface area contributed by atoms with Crippen molar-refractivity contribution in [2.45, 2.75) is 51.7 Å². The molecule has 2 atom stereocenters. The van der Waals surface area contributed by atoms with E-state index in [1.165, 1.54) is 4.88 Å². The van der Waals surface area contributed by atoms with Crippen molar-refractivity contribution in [3.63, 3.8) is 0 Å².